The molecule has 0 amide bonds. The van der Waals surface area contributed by atoms with Gasteiger partial charge in [0.2, 0.25) is 10.0 Å². The Morgan fingerprint density at radius 1 is 1.00 bits per heavy atom. The average molecular weight is 308 g/mol. The van der Waals surface area contributed by atoms with Crippen molar-refractivity contribution in [2.24, 2.45) is 5.41 Å². The Morgan fingerprint density at radius 2 is 1.40 bits per heavy atom. The molecule has 1 rings (SSSR count). The fourth-order valence-corrected chi connectivity index (χ4v) is 3.90. The minimum Gasteiger partial charge on any atom is -0.299 e. The summed E-state index contributed by atoms with van der Waals surface area (Å²) in [6.45, 7) is 14.0. The highest BCUT2D eigenvalue weighted by molar-refractivity contribution is 7.89. The van der Waals surface area contributed by atoms with Crippen molar-refractivity contribution < 1.29 is 13.2 Å². The Hall–Kier alpha value is -0.420. The first kappa shape index (κ1) is 21.9. The van der Waals surface area contributed by atoms with Crippen LogP contribution in [0, 0.1) is 5.41 Å². The third-order valence-electron chi connectivity index (χ3n) is 3.20. The lowest BCUT2D eigenvalue weighted by molar-refractivity contribution is -0.123. The van der Waals surface area contributed by atoms with Gasteiger partial charge >= 0.3 is 0 Å². The molecule has 122 valence electrons. The van der Waals surface area contributed by atoms with Crippen LogP contribution in [-0.2, 0) is 14.8 Å². The van der Waals surface area contributed by atoms with E-state index in [1.54, 1.807) is 13.8 Å². The Bertz CT molecular complexity index is 355. The maximum Gasteiger partial charge on any atom is 0.215 e. The second kappa shape index (κ2) is 10.3. The number of sulfonamides is 1. The summed E-state index contributed by atoms with van der Waals surface area (Å²) in [6, 6.07) is 0. The lowest BCUT2D eigenvalue weighted by Gasteiger charge is -2.29. The highest BCUT2D eigenvalue weighted by atomic mass is 32.2. The molecule has 1 aliphatic heterocycles. The minimum atomic E-state index is -3.27. The molecule has 0 saturated carbocycles. The quantitative estimate of drug-likeness (QED) is 0.799. The molecule has 0 unspecified atom stereocenters. The van der Waals surface area contributed by atoms with Gasteiger partial charge in [0.1, 0.15) is 5.78 Å². The average Bonchev–Trinajstić information content (AvgIpc) is 2.43. The number of nitrogens with zero attached hydrogens (tertiary/aromatic N) is 1. The lowest BCUT2D eigenvalue weighted by Crippen LogP contribution is -2.42. The number of piperidine rings is 1. The van der Waals surface area contributed by atoms with Gasteiger partial charge in [0.15, 0.2) is 0 Å². The van der Waals surface area contributed by atoms with Gasteiger partial charge in [-0.3, -0.25) is 4.79 Å². The minimum absolute atomic E-state index is 0.0741. The zero-order valence-corrected chi connectivity index (χ0v) is 15.1. The molecule has 20 heavy (non-hydrogen) atoms. The van der Waals surface area contributed by atoms with Crippen LogP contribution in [0.15, 0.2) is 0 Å². The van der Waals surface area contributed by atoms with Crippen LogP contribution >= 0.6 is 0 Å². The first-order chi connectivity index (χ1) is 9.26. The van der Waals surface area contributed by atoms with E-state index in [-0.39, 0.29) is 11.5 Å². The van der Waals surface area contributed by atoms with Crippen LogP contribution in [0.3, 0.4) is 0 Å². The molecule has 1 fully saturated rings. The third-order valence-corrected chi connectivity index (χ3v) is 5.44. The molecular weight excluding hydrogens is 274 g/mol. The number of hydrogen-bond acceptors (Lipinski definition) is 3. The summed E-state index contributed by atoms with van der Waals surface area (Å²) in [5.74, 6) is -0.150. The summed E-state index contributed by atoms with van der Waals surface area (Å²) < 4.78 is 25.7. The van der Waals surface area contributed by atoms with Crippen LogP contribution in [-0.4, -0.2) is 37.3 Å². The molecule has 0 aromatic rings. The van der Waals surface area contributed by atoms with E-state index in [9.17, 15) is 13.2 Å². The van der Waals surface area contributed by atoms with E-state index < -0.39 is 15.4 Å². The van der Waals surface area contributed by atoms with Gasteiger partial charge < -0.3 is 0 Å². The van der Waals surface area contributed by atoms with E-state index in [1.165, 1.54) is 11.2 Å². The number of ketones is 1. The van der Waals surface area contributed by atoms with Crippen LogP contribution in [0.4, 0.5) is 0 Å². The van der Waals surface area contributed by atoms with Crippen molar-refractivity contribution >= 4 is 15.8 Å². The smallest absolute Gasteiger partial charge is 0.215 e. The van der Waals surface area contributed by atoms with Gasteiger partial charge in [0.25, 0.3) is 0 Å². The highest BCUT2D eigenvalue weighted by Gasteiger charge is 2.34. The fraction of sp³-hybridized carbons (Fsp3) is 0.933. The van der Waals surface area contributed by atoms with Crippen molar-refractivity contribution in [3.8, 4) is 0 Å². The van der Waals surface area contributed by atoms with E-state index >= 15 is 0 Å². The molecule has 1 aliphatic rings. The lowest BCUT2D eigenvalue weighted by atomic mass is 9.92. The first-order valence-electron chi connectivity index (χ1n) is 7.74. The van der Waals surface area contributed by atoms with Crippen LogP contribution in [0.1, 0.15) is 67.7 Å². The molecular formula is C15H33NO3S. The molecule has 0 aromatic carbocycles. The predicted octanol–water partition coefficient (Wildman–Crippen LogP) is 3.47. The Labute approximate surface area is 126 Å². The molecule has 1 heterocycles. The summed E-state index contributed by atoms with van der Waals surface area (Å²) in [7, 11) is -3.27. The Kier molecular flexibility index (Phi) is 11.3. The van der Waals surface area contributed by atoms with Gasteiger partial charge in [-0.1, -0.05) is 48.0 Å². The number of carbonyl (C=O) groups is 1. The van der Waals surface area contributed by atoms with Gasteiger partial charge in [-0.15, -0.1) is 0 Å². The summed E-state index contributed by atoms with van der Waals surface area (Å²) in [4.78, 5) is 11.3. The summed E-state index contributed by atoms with van der Waals surface area (Å²) in [6.07, 6.45) is 2.96. The number of hydrogen-bond donors (Lipinski definition) is 0. The van der Waals surface area contributed by atoms with E-state index in [0.29, 0.717) is 13.1 Å². The zero-order valence-electron chi connectivity index (χ0n) is 14.3. The molecule has 0 aromatic heterocycles. The van der Waals surface area contributed by atoms with E-state index in [2.05, 4.69) is 0 Å². The zero-order chi connectivity index (χ0) is 16.4. The van der Waals surface area contributed by atoms with Gasteiger partial charge in [0, 0.05) is 18.5 Å². The van der Waals surface area contributed by atoms with Gasteiger partial charge in [0.05, 0.1) is 5.75 Å². The molecule has 1 saturated heterocycles. The molecule has 0 atom stereocenters. The van der Waals surface area contributed by atoms with Crippen molar-refractivity contribution in [2.45, 2.75) is 67.7 Å². The SMILES string of the molecule is CC.CC.CC(=O)C(C)(C)CS(=O)(=O)N1CCCCC1. The maximum absolute atomic E-state index is 12.1. The van der Waals surface area contributed by atoms with Gasteiger partial charge in [-0.25, -0.2) is 12.7 Å². The second-order valence-corrected chi connectivity index (χ2v) is 7.12. The van der Waals surface area contributed by atoms with E-state index in [4.69, 9.17) is 0 Å². The van der Waals surface area contributed by atoms with Crippen molar-refractivity contribution in [1.82, 2.24) is 4.31 Å². The van der Waals surface area contributed by atoms with Crippen LogP contribution in [0.2, 0.25) is 0 Å². The normalized spacial score (nSPS) is 16.4. The summed E-state index contributed by atoms with van der Waals surface area (Å²) in [5, 5.41) is 0. The third kappa shape index (κ3) is 7.39. The number of carbonyl (C=O) groups excluding carboxylic acids is 1. The molecule has 4 nitrogen and oxygen atoms in total. The van der Waals surface area contributed by atoms with Crippen LogP contribution in [0.25, 0.3) is 0 Å². The second-order valence-electron chi connectivity index (χ2n) is 5.16. The van der Waals surface area contributed by atoms with E-state index in [0.717, 1.165) is 19.3 Å². The standard InChI is InChI=1S/C11H21NO3S.2C2H6/c1-10(13)11(2,3)9-16(14,15)12-7-5-4-6-8-12;2*1-2/h4-9H2,1-3H3;2*1-2H3. The van der Waals surface area contributed by atoms with Gasteiger partial charge in [-0.2, -0.15) is 0 Å². The monoisotopic (exact) mass is 307 g/mol. The van der Waals surface area contributed by atoms with E-state index in [1.807, 2.05) is 27.7 Å². The first-order valence-corrected chi connectivity index (χ1v) is 9.35. The molecule has 0 bridgehead atoms. The predicted molar refractivity (Wildman–Crippen MR) is 86.4 cm³/mol. The van der Waals surface area contributed by atoms with Crippen molar-refractivity contribution in [3.63, 3.8) is 0 Å². The summed E-state index contributed by atoms with van der Waals surface area (Å²) in [5.41, 5.74) is -0.781. The Balaban J connectivity index is 0. The molecule has 0 N–H and O–H groups in total. The molecule has 0 spiro atoms. The molecule has 5 heteroatoms. The van der Waals surface area contributed by atoms with Crippen molar-refractivity contribution in [2.75, 3.05) is 18.8 Å². The fourth-order valence-electron chi connectivity index (χ4n) is 1.79. The van der Waals surface area contributed by atoms with Gasteiger partial charge in [-0.05, 0) is 19.8 Å². The Morgan fingerprint density at radius 3 is 1.75 bits per heavy atom. The van der Waals surface area contributed by atoms with Crippen molar-refractivity contribution in [1.29, 1.82) is 0 Å². The largest absolute Gasteiger partial charge is 0.299 e. The number of Topliss-reactive ketones (excluding diaryl/α,β-unsaturated/α-hetero) is 1. The molecule has 0 radical (unpaired) electrons. The maximum atomic E-state index is 12.1. The topological polar surface area (TPSA) is 54.5 Å². The number of rotatable bonds is 4. The van der Waals surface area contributed by atoms with Crippen LogP contribution in [0.5, 0.6) is 0 Å². The van der Waals surface area contributed by atoms with Crippen molar-refractivity contribution in [3.05, 3.63) is 0 Å². The highest BCUT2D eigenvalue weighted by Crippen LogP contribution is 2.23. The molecule has 0 aliphatic carbocycles. The summed E-state index contributed by atoms with van der Waals surface area (Å²) >= 11 is 0. The van der Waals surface area contributed by atoms with Crippen LogP contribution < -0.4 is 0 Å².